The summed E-state index contributed by atoms with van der Waals surface area (Å²) in [6.45, 7) is 6.13. The Bertz CT molecular complexity index is 648. The summed E-state index contributed by atoms with van der Waals surface area (Å²) in [5.41, 5.74) is 1.17. The van der Waals surface area contributed by atoms with Crippen LogP contribution in [0.15, 0.2) is 42.6 Å². The smallest absolute Gasteiger partial charge is 0.228 e. The summed E-state index contributed by atoms with van der Waals surface area (Å²) in [6, 6.07) is 9.61. The predicted octanol–water partition coefficient (Wildman–Crippen LogP) is 3.61. The van der Waals surface area contributed by atoms with Crippen LogP contribution in [0.2, 0.25) is 0 Å². The van der Waals surface area contributed by atoms with Gasteiger partial charge in [0.2, 0.25) is 5.91 Å². The molecule has 2 aromatic rings. The fraction of sp³-hybridized carbons (Fsp3) is 0.294. The van der Waals surface area contributed by atoms with E-state index in [1.54, 1.807) is 24.4 Å². The molecule has 22 heavy (non-hydrogen) atoms. The second kappa shape index (κ2) is 6.56. The van der Waals surface area contributed by atoms with E-state index in [4.69, 9.17) is 0 Å². The largest absolute Gasteiger partial charge is 0.365 e. The first-order chi connectivity index (χ1) is 10.3. The number of aromatic nitrogens is 1. The highest BCUT2D eigenvalue weighted by Crippen LogP contribution is 2.15. The number of carbonyl (C=O) groups is 1. The number of halogens is 1. The molecule has 0 atom stereocenters. The number of benzene rings is 1. The molecule has 0 fully saturated rings. The van der Waals surface area contributed by atoms with Gasteiger partial charge in [0.1, 0.15) is 11.6 Å². The van der Waals surface area contributed by atoms with Crippen molar-refractivity contribution in [3.05, 3.63) is 54.0 Å². The van der Waals surface area contributed by atoms with Gasteiger partial charge in [0, 0.05) is 5.54 Å². The lowest BCUT2D eigenvalue weighted by molar-refractivity contribution is -0.115. The van der Waals surface area contributed by atoms with Gasteiger partial charge in [-0.1, -0.05) is 12.1 Å². The number of amides is 1. The summed E-state index contributed by atoms with van der Waals surface area (Å²) in [4.78, 5) is 16.2. The molecule has 1 aromatic carbocycles. The predicted molar refractivity (Wildman–Crippen MR) is 86.3 cm³/mol. The van der Waals surface area contributed by atoms with Crippen molar-refractivity contribution in [3.63, 3.8) is 0 Å². The number of hydrogen-bond donors (Lipinski definition) is 2. The lowest BCUT2D eigenvalue weighted by atomic mass is 10.1. The first kappa shape index (κ1) is 15.9. The molecular formula is C17H20FN3O. The van der Waals surface area contributed by atoms with E-state index in [9.17, 15) is 9.18 Å². The normalized spacial score (nSPS) is 11.1. The molecular weight excluding hydrogens is 281 g/mol. The fourth-order valence-corrected chi connectivity index (χ4v) is 1.96. The van der Waals surface area contributed by atoms with Crippen LogP contribution in [0.3, 0.4) is 0 Å². The number of rotatable bonds is 4. The first-order valence-corrected chi connectivity index (χ1v) is 7.10. The van der Waals surface area contributed by atoms with Crippen molar-refractivity contribution in [1.29, 1.82) is 0 Å². The summed E-state index contributed by atoms with van der Waals surface area (Å²) >= 11 is 0. The van der Waals surface area contributed by atoms with Crippen molar-refractivity contribution in [2.24, 2.45) is 0 Å². The lowest BCUT2D eigenvalue weighted by Crippen LogP contribution is -2.26. The molecule has 5 heteroatoms. The molecule has 116 valence electrons. The zero-order valence-electron chi connectivity index (χ0n) is 13.0. The SMILES string of the molecule is CC(C)(C)Nc1ccc(NC(=O)Cc2cccc(F)c2)cn1. The molecule has 0 saturated heterocycles. The third-order valence-corrected chi connectivity index (χ3v) is 2.80. The van der Waals surface area contributed by atoms with Crippen molar-refractivity contribution in [2.75, 3.05) is 10.6 Å². The van der Waals surface area contributed by atoms with Gasteiger partial charge in [-0.15, -0.1) is 0 Å². The Morgan fingerprint density at radius 3 is 2.59 bits per heavy atom. The monoisotopic (exact) mass is 301 g/mol. The Hall–Kier alpha value is -2.43. The van der Waals surface area contributed by atoms with E-state index in [1.165, 1.54) is 12.1 Å². The van der Waals surface area contributed by atoms with Gasteiger partial charge in [-0.3, -0.25) is 4.79 Å². The quantitative estimate of drug-likeness (QED) is 0.907. The number of anilines is 2. The Morgan fingerprint density at radius 2 is 2.00 bits per heavy atom. The maximum atomic E-state index is 13.1. The average molecular weight is 301 g/mol. The van der Waals surface area contributed by atoms with Crippen LogP contribution in [0.5, 0.6) is 0 Å². The van der Waals surface area contributed by atoms with Gasteiger partial charge in [0.05, 0.1) is 18.3 Å². The van der Waals surface area contributed by atoms with Gasteiger partial charge < -0.3 is 10.6 Å². The van der Waals surface area contributed by atoms with E-state index in [2.05, 4.69) is 15.6 Å². The van der Waals surface area contributed by atoms with E-state index in [1.807, 2.05) is 26.8 Å². The zero-order valence-corrected chi connectivity index (χ0v) is 13.0. The van der Waals surface area contributed by atoms with Crippen molar-refractivity contribution >= 4 is 17.4 Å². The molecule has 2 N–H and O–H groups in total. The van der Waals surface area contributed by atoms with Crippen molar-refractivity contribution in [3.8, 4) is 0 Å². The first-order valence-electron chi connectivity index (χ1n) is 7.10. The minimum absolute atomic E-state index is 0.0743. The third-order valence-electron chi connectivity index (χ3n) is 2.80. The number of hydrogen-bond acceptors (Lipinski definition) is 3. The second-order valence-electron chi connectivity index (χ2n) is 6.16. The molecule has 0 saturated carbocycles. The van der Waals surface area contributed by atoms with E-state index >= 15 is 0 Å². The molecule has 0 aliphatic carbocycles. The molecule has 2 rings (SSSR count). The van der Waals surface area contributed by atoms with Crippen LogP contribution in [-0.4, -0.2) is 16.4 Å². The minimum atomic E-state index is -0.343. The van der Waals surface area contributed by atoms with Crippen LogP contribution in [-0.2, 0) is 11.2 Å². The second-order valence-corrected chi connectivity index (χ2v) is 6.16. The molecule has 1 aromatic heterocycles. The van der Waals surface area contributed by atoms with E-state index in [0.717, 1.165) is 5.82 Å². The van der Waals surface area contributed by atoms with E-state index < -0.39 is 0 Å². The van der Waals surface area contributed by atoms with Crippen LogP contribution in [0.4, 0.5) is 15.9 Å². The molecule has 4 nitrogen and oxygen atoms in total. The molecule has 0 aliphatic rings. The fourth-order valence-electron chi connectivity index (χ4n) is 1.96. The Morgan fingerprint density at radius 1 is 1.23 bits per heavy atom. The molecule has 0 radical (unpaired) electrons. The van der Waals surface area contributed by atoms with Crippen LogP contribution < -0.4 is 10.6 Å². The molecule has 0 unspecified atom stereocenters. The molecule has 0 aliphatic heterocycles. The van der Waals surface area contributed by atoms with Crippen LogP contribution in [0.1, 0.15) is 26.3 Å². The Balaban J connectivity index is 1.94. The van der Waals surface area contributed by atoms with Gasteiger partial charge >= 0.3 is 0 Å². The number of carbonyl (C=O) groups excluding carboxylic acids is 1. The van der Waals surface area contributed by atoms with Crippen LogP contribution >= 0.6 is 0 Å². The van der Waals surface area contributed by atoms with Gasteiger partial charge in [0.25, 0.3) is 0 Å². The van der Waals surface area contributed by atoms with Crippen molar-refractivity contribution < 1.29 is 9.18 Å². The minimum Gasteiger partial charge on any atom is -0.365 e. The molecule has 1 heterocycles. The molecule has 1 amide bonds. The standard InChI is InChI=1S/C17H20FN3O/c1-17(2,3)21-15-8-7-14(11-19-15)20-16(22)10-12-5-4-6-13(18)9-12/h4-9,11H,10H2,1-3H3,(H,19,21)(H,20,22). The Labute approximate surface area is 129 Å². The zero-order chi connectivity index (χ0) is 16.2. The third kappa shape index (κ3) is 5.16. The lowest BCUT2D eigenvalue weighted by Gasteiger charge is -2.21. The number of nitrogens with zero attached hydrogens (tertiary/aromatic N) is 1. The summed E-state index contributed by atoms with van der Waals surface area (Å²) in [7, 11) is 0. The maximum Gasteiger partial charge on any atom is 0.228 e. The molecule has 0 spiro atoms. The van der Waals surface area contributed by atoms with E-state index in [-0.39, 0.29) is 23.7 Å². The topological polar surface area (TPSA) is 54.0 Å². The summed E-state index contributed by atoms with van der Waals surface area (Å²) in [6.07, 6.45) is 1.72. The van der Waals surface area contributed by atoms with Gasteiger partial charge in [0.15, 0.2) is 0 Å². The summed E-state index contributed by atoms with van der Waals surface area (Å²) in [5.74, 6) is 0.198. The maximum absolute atomic E-state index is 13.1. The summed E-state index contributed by atoms with van der Waals surface area (Å²) in [5, 5.41) is 5.99. The van der Waals surface area contributed by atoms with Crippen LogP contribution in [0, 0.1) is 5.82 Å². The highest BCUT2D eigenvalue weighted by Gasteiger charge is 2.10. The number of nitrogens with one attached hydrogen (secondary N) is 2. The highest BCUT2D eigenvalue weighted by molar-refractivity contribution is 5.92. The van der Waals surface area contributed by atoms with Crippen LogP contribution in [0.25, 0.3) is 0 Å². The Kier molecular flexibility index (Phi) is 4.75. The van der Waals surface area contributed by atoms with Gasteiger partial charge in [-0.25, -0.2) is 9.37 Å². The van der Waals surface area contributed by atoms with Crippen molar-refractivity contribution in [2.45, 2.75) is 32.7 Å². The molecule has 0 bridgehead atoms. The van der Waals surface area contributed by atoms with Gasteiger partial charge in [-0.05, 0) is 50.6 Å². The summed E-state index contributed by atoms with van der Waals surface area (Å²) < 4.78 is 13.1. The van der Waals surface area contributed by atoms with E-state index in [0.29, 0.717) is 11.3 Å². The van der Waals surface area contributed by atoms with Gasteiger partial charge in [-0.2, -0.15) is 0 Å². The number of pyridine rings is 1. The average Bonchev–Trinajstić information content (AvgIpc) is 2.39. The van der Waals surface area contributed by atoms with Crippen molar-refractivity contribution in [1.82, 2.24) is 4.98 Å². The highest BCUT2D eigenvalue weighted by atomic mass is 19.1.